The van der Waals surface area contributed by atoms with Gasteiger partial charge in [-0.3, -0.25) is 4.79 Å². The molecule has 3 amide bonds. The van der Waals surface area contributed by atoms with Gasteiger partial charge in [0.1, 0.15) is 5.82 Å². The summed E-state index contributed by atoms with van der Waals surface area (Å²) in [5.41, 5.74) is 5.96. The monoisotopic (exact) mass is 351 g/mol. The normalized spacial score (nSPS) is 10.0. The van der Waals surface area contributed by atoms with Crippen LogP contribution in [0.3, 0.4) is 0 Å². The summed E-state index contributed by atoms with van der Waals surface area (Å²) in [6, 6.07) is 9.72. The first kappa shape index (κ1) is 15.0. The van der Waals surface area contributed by atoms with Gasteiger partial charge in [-0.2, -0.15) is 0 Å². The molecule has 5 nitrogen and oxygen atoms in total. The van der Waals surface area contributed by atoms with Crippen LogP contribution in [0, 0.1) is 5.82 Å². The number of nitrogens with one attached hydrogen (secondary N) is 2. The van der Waals surface area contributed by atoms with Gasteiger partial charge in [0.15, 0.2) is 0 Å². The van der Waals surface area contributed by atoms with Crippen LogP contribution in [-0.2, 0) is 0 Å². The molecule has 0 bridgehead atoms. The third kappa shape index (κ3) is 4.03. The molecule has 0 radical (unpaired) electrons. The number of rotatable bonds is 3. The van der Waals surface area contributed by atoms with E-state index >= 15 is 0 Å². The second-order valence-electron chi connectivity index (χ2n) is 4.14. The lowest BCUT2D eigenvalue weighted by atomic mass is 10.2. The van der Waals surface area contributed by atoms with Crippen molar-refractivity contribution >= 4 is 39.2 Å². The van der Waals surface area contributed by atoms with Crippen molar-refractivity contribution in [2.45, 2.75) is 0 Å². The molecular formula is C14H11BrFN3O2. The number of halogens is 2. The summed E-state index contributed by atoms with van der Waals surface area (Å²) in [7, 11) is 0. The van der Waals surface area contributed by atoms with E-state index in [4.69, 9.17) is 5.73 Å². The largest absolute Gasteiger partial charge is 0.366 e. The Morgan fingerprint density at radius 3 is 2.29 bits per heavy atom. The molecule has 0 aliphatic heterocycles. The summed E-state index contributed by atoms with van der Waals surface area (Å²) in [5.74, 6) is -1.11. The molecule has 21 heavy (non-hydrogen) atoms. The molecule has 4 N–H and O–H groups in total. The van der Waals surface area contributed by atoms with Crippen molar-refractivity contribution in [3.63, 3.8) is 0 Å². The van der Waals surface area contributed by atoms with Crippen LogP contribution in [0.4, 0.5) is 20.6 Å². The molecule has 108 valence electrons. The van der Waals surface area contributed by atoms with Gasteiger partial charge in [0.05, 0.1) is 5.69 Å². The molecule has 2 rings (SSSR count). The molecule has 0 fully saturated rings. The van der Waals surface area contributed by atoms with Crippen molar-refractivity contribution < 1.29 is 14.0 Å². The van der Waals surface area contributed by atoms with Crippen molar-refractivity contribution in [3.05, 3.63) is 58.3 Å². The van der Waals surface area contributed by atoms with Crippen molar-refractivity contribution in [1.29, 1.82) is 0 Å². The van der Waals surface area contributed by atoms with E-state index in [0.29, 0.717) is 15.7 Å². The Bertz CT molecular complexity index is 689. The first-order valence-electron chi connectivity index (χ1n) is 5.88. The van der Waals surface area contributed by atoms with Crippen molar-refractivity contribution in [3.8, 4) is 0 Å². The fourth-order valence-electron chi connectivity index (χ4n) is 1.59. The highest BCUT2D eigenvalue weighted by molar-refractivity contribution is 9.10. The summed E-state index contributed by atoms with van der Waals surface area (Å²) < 4.78 is 14.1. The molecular weight excluding hydrogens is 341 g/mol. The Balaban J connectivity index is 2.02. The van der Waals surface area contributed by atoms with Crippen LogP contribution < -0.4 is 16.4 Å². The van der Waals surface area contributed by atoms with Gasteiger partial charge >= 0.3 is 6.03 Å². The van der Waals surface area contributed by atoms with Gasteiger partial charge in [-0.1, -0.05) is 15.9 Å². The van der Waals surface area contributed by atoms with Gasteiger partial charge in [0, 0.05) is 15.7 Å². The lowest BCUT2D eigenvalue weighted by Gasteiger charge is -2.09. The van der Waals surface area contributed by atoms with Crippen LogP contribution >= 0.6 is 15.9 Å². The standard InChI is InChI=1S/C14H11BrFN3O2/c15-9-3-6-12(11(16)7-9)19-14(21)18-10-4-1-8(2-5-10)13(17)20/h1-7H,(H2,17,20)(H2,18,19,21). The third-order valence-corrected chi connectivity index (χ3v) is 3.10. The maximum absolute atomic E-state index is 13.6. The Morgan fingerprint density at radius 2 is 1.71 bits per heavy atom. The zero-order valence-corrected chi connectivity index (χ0v) is 12.3. The van der Waals surface area contributed by atoms with Gasteiger partial charge in [0.25, 0.3) is 0 Å². The summed E-state index contributed by atoms with van der Waals surface area (Å²) in [6.45, 7) is 0. The minimum Gasteiger partial charge on any atom is -0.366 e. The smallest absolute Gasteiger partial charge is 0.323 e. The Labute approximate surface area is 128 Å². The first-order chi connectivity index (χ1) is 9.95. The maximum atomic E-state index is 13.6. The Hall–Kier alpha value is -2.41. The van der Waals surface area contributed by atoms with Crippen molar-refractivity contribution in [2.24, 2.45) is 5.73 Å². The van der Waals surface area contributed by atoms with Gasteiger partial charge in [-0.15, -0.1) is 0 Å². The van der Waals surface area contributed by atoms with Crippen LogP contribution in [0.15, 0.2) is 46.9 Å². The number of benzene rings is 2. The van der Waals surface area contributed by atoms with E-state index in [0.717, 1.165) is 0 Å². The molecule has 2 aromatic carbocycles. The lowest BCUT2D eigenvalue weighted by molar-refractivity contribution is 0.100. The molecule has 0 atom stereocenters. The van der Waals surface area contributed by atoms with Crippen LogP contribution in [-0.4, -0.2) is 11.9 Å². The molecule has 0 saturated heterocycles. The molecule has 0 unspecified atom stereocenters. The van der Waals surface area contributed by atoms with E-state index < -0.39 is 17.8 Å². The van der Waals surface area contributed by atoms with Gasteiger partial charge < -0.3 is 16.4 Å². The van der Waals surface area contributed by atoms with E-state index in [2.05, 4.69) is 26.6 Å². The van der Waals surface area contributed by atoms with E-state index in [-0.39, 0.29) is 5.69 Å². The molecule has 2 aromatic rings. The topological polar surface area (TPSA) is 84.2 Å². The molecule has 0 aliphatic rings. The van der Waals surface area contributed by atoms with Crippen LogP contribution in [0.25, 0.3) is 0 Å². The fourth-order valence-corrected chi connectivity index (χ4v) is 1.93. The summed E-state index contributed by atoms with van der Waals surface area (Å²) >= 11 is 3.13. The third-order valence-electron chi connectivity index (χ3n) is 2.61. The number of nitrogens with two attached hydrogens (primary N) is 1. The lowest BCUT2D eigenvalue weighted by Crippen LogP contribution is -2.20. The minimum absolute atomic E-state index is 0.0597. The van der Waals surface area contributed by atoms with E-state index in [1.54, 1.807) is 6.07 Å². The van der Waals surface area contributed by atoms with Crippen molar-refractivity contribution in [1.82, 2.24) is 0 Å². The highest BCUT2D eigenvalue weighted by Crippen LogP contribution is 2.19. The van der Waals surface area contributed by atoms with Crippen LogP contribution in [0.1, 0.15) is 10.4 Å². The number of carbonyl (C=O) groups excluding carboxylic acids is 2. The number of primary amides is 1. The molecule has 0 heterocycles. The quantitative estimate of drug-likeness (QED) is 0.792. The van der Waals surface area contributed by atoms with Gasteiger partial charge in [-0.05, 0) is 42.5 Å². The first-order valence-corrected chi connectivity index (χ1v) is 6.68. The minimum atomic E-state index is -0.594. The Morgan fingerprint density at radius 1 is 1.05 bits per heavy atom. The number of anilines is 2. The second-order valence-corrected chi connectivity index (χ2v) is 5.06. The predicted molar refractivity (Wildman–Crippen MR) is 81.7 cm³/mol. The van der Waals surface area contributed by atoms with Crippen LogP contribution in [0.5, 0.6) is 0 Å². The average molecular weight is 352 g/mol. The number of amides is 3. The van der Waals surface area contributed by atoms with Crippen LogP contribution in [0.2, 0.25) is 0 Å². The molecule has 0 aliphatic carbocycles. The molecule has 0 aromatic heterocycles. The summed E-state index contributed by atoms with van der Waals surface area (Å²) in [5, 5.41) is 4.90. The molecule has 0 spiro atoms. The zero-order chi connectivity index (χ0) is 15.4. The van der Waals surface area contributed by atoms with E-state index in [9.17, 15) is 14.0 Å². The Kier molecular flexibility index (Phi) is 4.54. The highest BCUT2D eigenvalue weighted by Gasteiger charge is 2.08. The SMILES string of the molecule is NC(=O)c1ccc(NC(=O)Nc2ccc(Br)cc2F)cc1. The fraction of sp³-hybridized carbons (Fsp3) is 0. The van der Waals surface area contributed by atoms with Crippen molar-refractivity contribution in [2.75, 3.05) is 10.6 Å². The van der Waals surface area contributed by atoms with E-state index in [1.165, 1.54) is 36.4 Å². The van der Waals surface area contributed by atoms with Gasteiger partial charge in [0.2, 0.25) is 5.91 Å². The van der Waals surface area contributed by atoms with E-state index in [1.807, 2.05) is 0 Å². The number of urea groups is 1. The highest BCUT2D eigenvalue weighted by atomic mass is 79.9. The van der Waals surface area contributed by atoms with Gasteiger partial charge in [-0.25, -0.2) is 9.18 Å². The maximum Gasteiger partial charge on any atom is 0.323 e. The zero-order valence-electron chi connectivity index (χ0n) is 10.7. The summed E-state index contributed by atoms with van der Waals surface area (Å²) in [6.07, 6.45) is 0. The number of hydrogen-bond acceptors (Lipinski definition) is 2. The predicted octanol–water partition coefficient (Wildman–Crippen LogP) is 3.33. The molecule has 0 saturated carbocycles. The summed E-state index contributed by atoms with van der Waals surface area (Å²) in [4.78, 5) is 22.7. The second kappa shape index (κ2) is 6.36. The number of hydrogen-bond donors (Lipinski definition) is 3. The molecule has 7 heteroatoms. The average Bonchev–Trinajstić information content (AvgIpc) is 2.42. The number of carbonyl (C=O) groups is 2.